The maximum atomic E-state index is 13.1. The van der Waals surface area contributed by atoms with Gasteiger partial charge in [0.05, 0.1) is 11.9 Å². The van der Waals surface area contributed by atoms with E-state index in [4.69, 9.17) is 17.0 Å². The zero-order valence-corrected chi connectivity index (χ0v) is 23.3. The Morgan fingerprint density at radius 1 is 0.921 bits per heavy atom. The first-order valence-corrected chi connectivity index (χ1v) is 14.2. The fourth-order valence-corrected chi connectivity index (χ4v) is 5.74. The molecule has 0 aliphatic carbocycles. The maximum absolute atomic E-state index is 13.1. The molecule has 0 radical (unpaired) electrons. The second kappa shape index (κ2) is 13.2. The highest BCUT2D eigenvalue weighted by Crippen LogP contribution is 2.37. The Hall–Kier alpha value is -3.66. The first-order valence-electron chi connectivity index (χ1n) is 12.0. The minimum Gasteiger partial charge on any atom is -0.462 e. The van der Waals surface area contributed by atoms with E-state index in [1.165, 1.54) is 23.1 Å². The molecule has 38 heavy (non-hydrogen) atoms. The lowest BCUT2D eigenvalue weighted by molar-refractivity contribution is -0.115. The number of hydrogen-bond donors (Lipinski definition) is 3. The van der Waals surface area contributed by atoms with Gasteiger partial charge in [-0.25, -0.2) is 4.79 Å². The molecule has 0 aliphatic rings. The van der Waals surface area contributed by atoms with E-state index in [9.17, 15) is 9.59 Å². The largest absolute Gasteiger partial charge is 0.462 e. The van der Waals surface area contributed by atoms with E-state index in [0.717, 1.165) is 27.4 Å². The molecule has 3 aromatic carbocycles. The molecule has 1 amide bonds. The van der Waals surface area contributed by atoms with Crippen LogP contribution in [0.1, 0.15) is 24.2 Å². The molecule has 4 aromatic rings. The van der Waals surface area contributed by atoms with Crippen LogP contribution in [0.4, 0.5) is 16.4 Å². The molecule has 1 heterocycles. The summed E-state index contributed by atoms with van der Waals surface area (Å²) in [6, 6.07) is 27.0. The number of ether oxygens (including phenoxy) is 1. The lowest BCUT2D eigenvalue weighted by Crippen LogP contribution is -2.23. The van der Waals surface area contributed by atoms with Crippen LogP contribution in [0.5, 0.6) is 0 Å². The fourth-order valence-electron chi connectivity index (χ4n) is 3.62. The van der Waals surface area contributed by atoms with Gasteiger partial charge in [0.25, 0.3) is 0 Å². The molecule has 0 aliphatic heterocycles. The van der Waals surface area contributed by atoms with Gasteiger partial charge in [-0.2, -0.15) is 0 Å². The third-order valence-corrected chi connectivity index (χ3v) is 7.59. The van der Waals surface area contributed by atoms with E-state index >= 15 is 0 Å². The number of thiocarbonyl (C=S) groups is 1. The summed E-state index contributed by atoms with van der Waals surface area (Å²) in [5.74, 6) is -0.663. The molecule has 194 valence electrons. The number of para-hydroxylation sites is 1. The van der Waals surface area contributed by atoms with Crippen molar-refractivity contribution in [2.75, 3.05) is 22.6 Å². The van der Waals surface area contributed by atoms with Gasteiger partial charge in [-0.15, -0.1) is 23.1 Å². The van der Waals surface area contributed by atoms with Gasteiger partial charge in [0.1, 0.15) is 10.6 Å². The zero-order chi connectivity index (χ0) is 26.9. The summed E-state index contributed by atoms with van der Waals surface area (Å²) in [5.41, 5.74) is 3.71. The summed E-state index contributed by atoms with van der Waals surface area (Å²) in [7, 11) is 0. The molecule has 0 spiro atoms. The van der Waals surface area contributed by atoms with Crippen molar-refractivity contribution < 1.29 is 14.3 Å². The minimum atomic E-state index is -0.456. The Bertz CT molecular complexity index is 1410. The standard InChI is InChI=1S/C29H27N3O3S3/c1-3-35-28(34)25-24(20-11-6-4-7-12-20)18-37-27(25)32-26(33)19(2)38-23-16-10-15-22(17-23)31-29(36)30-21-13-8-5-9-14-21/h4-19H,3H2,1-2H3,(H,32,33)(H2,30,31,36). The lowest BCUT2D eigenvalue weighted by atomic mass is 10.0. The Morgan fingerprint density at radius 2 is 1.58 bits per heavy atom. The molecular formula is C29H27N3O3S3. The van der Waals surface area contributed by atoms with E-state index in [0.29, 0.717) is 15.7 Å². The number of benzene rings is 3. The first kappa shape index (κ1) is 27.4. The Morgan fingerprint density at radius 3 is 2.29 bits per heavy atom. The number of nitrogens with one attached hydrogen (secondary N) is 3. The number of anilines is 3. The van der Waals surface area contributed by atoms with Crippen molar-refractivity contribution in [3.8, 4) is 11.1 Å². The van der Waals surface area contributed by atoms with E-state index < -0.39 is 11.2 Å². The van der Waals surface area contributed by atoms with Crippen molar-refractivity contribution >= 4 is 68.7 Å². The fraction of sp³-hybridized carbons (Fsp3) is 0.138. The molecule has 0 bridgehead atoms. The summed E-state index contributed by atoms with van der Waals surface area (Å²) >= 11 is 8.15. The topological polar surface area (TPSA) is 79.5 Å². The van der Waals surface area contributed by atoms with Crippen molar-refractivity contribution in [1.82, 2.24) is 0 Å². The van der Waals surface area contributed by atoms with Gasteiger partial charge in [0.2, 0.25) is 5.91 Å². The van der Waals surface area contributed by atoms with E-state index in [1.807, 2.05) is 97.2 Å². The van der Waals surface area contributed by atoms with Gasteiger partial charge in [0.15, 0.2) is 5.11 Å². The SMILES string of the molecule is CCOC(=O)c1c(-c2ccccc2)csc1NC(=O)C(C)Sc1cccc(NC(=S)Nc2ccccc2)c1. The summed E-state index contributed by atoms with van der Waals surface area (Å²) in [4.78, 5) is 26.9. The van der Waals surface area contributed by atoms with Crippen molar-refractivity contribution in [1.29, 1.82) is 0 Å². The molecule has 9 heteroatoms. The molecule has 1 atom stereocenters. The number of carbonyl (C=O) groups excluding carboxylic acids is 2. The second-order valence-electron chi connectivity index (χ2n) is 8.16. The number of carbonyl (C=O) groups is 2. The maximum Gasteiger partial charge on any atom is 0.341 e. The smallest absolute Gasteiger partial charge is 0.341 e. The van der Waals surface area contributed by atoms with Gasteiger partial charge in [-0.3, -0.25) is 4.79 Å². The van der Waals surface area contributed by atoms with E-state index in [1.54, 1.807) is 6.92 Å². The Kier molecular flexibility index (Phi) is 9.53. The predicted octanol–water partition coefficient (Wildman–Crippen LogP) is 7.52. The van der Waals surface area contributed by atoms with Crippen LogP contribution in [0, 0.1) is 0 Å². The van der Waals surface area contributed by atoms with Crippen molar-refractivity contribution in [3.63, 3.8) is 0 Å². The minimum absolute atomic E-state index is 0.207. The van der Waals surface area contributed by atoms with Crippen LogP contribution in [0.2, 0.25) is 0 Å². The van der Waals surface area contributed by atoms with Crippen molar-refractivity contribution in [3.05, 3.63) is 95.9 Å². The van der Waals surface area contributed by atoms with Crippen LogP contribution in [-0.2, 0) is 9.53 Å². The quantitative estimate of drug-likeness (QED) is 0.111. The van der Waals surface area contributed by atoms with Crippen LogP contribution in [0.15, 0.2) is 95.2 Å². The molecule has 1 aromatic heterocycles. The highest BCUT2D eigenvalue weighted by Gasteiger charge is 2.24. The number of esters is 1. The van der Waals surface area contributed by atoms with Gasteiger partial charge in [0, 0.05) is 27.2 Å². The van der Waals surface area contributed by atoms with E-state index in [-0.39, 0.29) is 12.5 Å². The summed E-state index contributed by atoms with van der Waals surface area (Å²) in [5, 5.41) is 11.7. The van der Waals surface area contributed by atoms with Crippen LogP contribution in [-0.4, -0.2) is 28.8 Å². The zero-order valence-electron chi connectivity index (χ0n) is 20.9. The average Bonchev–Trinajstić information content (AvgIpc) is 3.33. The monoisotopic (exact) mass is 561 g/mol. The summed E-state index contributed by atoms with van der Waals surface area (Å²) in [6.07, 6.45) is 0. The summed E-state index contributed by atoms with van der Waals surface area (Å²) in [6.45, 7) is 3.84. The number of hydrogen-bond acceptors (Lipinski definition) is 6. The molecule has 4 rings (SSSR count). The number of thiophene rings is 1. The third-order valence-electron chi connectivity index (χ3n) is 5.40. The molecule has 3 N–H and O–H groups in total. The normalized spacial score (nSPS) is 11.3. The number of thioether (sulfide) groups is 1. The number of amides is 1. The average molecular weight is 562 g/mol. The van der Waals surface area contributed by atoms with Gasteiger partial charge >= 0.3 is 5.97 Å². The van der Waals surface area contributed by atoms with Crippen LogP contribution < -0.4 is 16.0 Å². The predicted molar refractivity (Wildman–Crippen MR) is 162 cm³/mol. The van der Waals surface area contributed by atoms with Crippen LogP contribution in [0.3, 0.4) is 0 Å². The molecule has 6 nitrogen and oxygen atoms in total. The first-order chi connectivity index (χ1) is 18.4. The number of rotatable bonds is 9. The summed E-state index contributed by atoms with van der Waals surface area (Å²) < 4.78 is 5.30. The van der Waals surface area contributed by atoms with Crippen molar-refractivity contribution in [2.24, 2.45) is 0 Å². The molecule has 0 saturated carbocycles. The van der Waals surface area contributed by atoms with Gasteiger partial charge in [-0.1, -0.05) is 54.6 Å². The highest BCUT2D eigenvalue weighted by atomic mass is 32.2. The molecule has 0 saturated heterocycles. The molecule has 1 unspecified atom stereocenters. The molecule has 0 fully saturated rings. The van der Waals surface area contributed by atoms with Gasteiger partial charge in [-0.05, 0) is 62.0 Å². The Labute approximate surface area is 235 Å². The molecular weight excluding hydrogens is 535 g/mol. The van der Waals surface area contributed by atoms with Crippen LogP contribution >= 0.6 is 35.3 Å². The van der Waals surface area contributed by atoms with Crippen LogP contribution in [0.25, 0.3) is 11.1 Å². The highest BCUT2D eigenvalue weighted by molar-refractivity contribution is 8.00. The van der Waals surface area contributed by atoms with Gasteiger partial charge < -0.3 is 20.7 Å². The third kappa shape index (κ3) is 7.22. The lowest BCUT2D eigenvalue weighted by Gasteiger charge is -2.14. The Balaban J connectivity index is 1.43. The van der Waals surface area contributed by atoms with E-state index in [2.05, 4.69) is 16.0 Å². The van der Waals surface area contributed by atoms with Crippen molar-refractivity contribution in [2.45, 2.75) is 24.0 Å². The second-order valence-corrected chi connectivity index (χ2v) is 10.9.